The van der Waals surface area contributed by atoms with E-state index in [1.54, 1.807) is 0 Å². The van der Waals surface area contributed by atoms with E-state index in [0.29, 0.717) is 24.3 Å². The highest BCUT2D eigenvalue weighted by molar-refractivity contribution is 5.83. The maximum Gasteiger partial charge on any atom is 0.149 e. The molecule has 2 fully saturated rings. The summed E-state index contributed by atoms with van der Waals surface area (Å²) in [4.78, 5) is 14.4. The van der Waals surface area contributed by atoms with Gasteiger partial charge in [-0.05, 0) is 19.8 Å². The van der Waals surface area contributed by atoms with Crippen molar-refractivity contribution in [1.82, 2.24) is 4.90 Å². The number of carbonyl (C=O) groups is 1. The molecule has 92 valence electrons. The van der Waals surface area contributed by atoms with E-state index in [0.717, 1.165) is 32.6 Å². The smallest absolute Gasteiger partial charge is 0.149 e. The van der Waals surface area contributed by atoms with E-state index >= 15 is 0 Å². The Morgan fingerprint density at radius 2 is 2.06 bits per heavy atom. The predicted molar refractivity (Wildman–Crippen MR) is 63.4 cm³/mol. The van der Waals surface area contributed by atoms with Crippen molar-refractivity contribution in [2.24, 2.45) is 5.92 Å². The zero-order chi connectivity index (χ0) is 11.4. The first-order chi connectivity index (χ1) is 7.77. The van der Waals surface area contributed by atoms with Crippen LogP contribution in [0.3, 0.4) is 0 Å². The minimum atomic E-state index is 0.351. The van der Waals surface area contributed by atoms with E-state index < -0.39 is 0 Å². The lowest BCUT2D eigenvalue weighted by Gasteiger charge is -2.34. The van der Waals surface area contributed by atoms with Gasteiger partial charge >= 0.3 is 0 Å². The molecule has 0 spiro atoms. The summed E-state index contributed by atoms with van der Waals surface area (Å²) < 4.78 is 5.39. The molecule has 0 aromatic carbocycles. The van der Waals surface area contributed by atoms with Gasteiger partial charge in [-0.15, -0.1) is 0 Å². The fourth-order valence-electron chi connectivity index (χ4n) is 2.75. The first-order valence-corrected chi connectivity index (χ1v) is 6.62. The molecule has 1 aliphatic carbocycles. The summed E-state index contributed by atoms with van der Waals surface area (Å²) in [7, 11) is 0. The molecule has 1 saturated carbocycles. The Hall–Kier alpha value is -0.410. The van der Waals surface area contributed by atoms with Crippen LogP contribution in [0.5, 0.6) is 0 Å². The zero-order valence-corrected chi connectivity index (χ0v) is 10.3. The molecule has 1 aliphatic heterocycles. The second-order valence-electron chi connectivity index (χ2n) is 5.20. The average Bonchev–Trinajstić information content (AvgIpc) is 2.33. The van der Waals surface area contributed by atoms with Gasteiger partial charge in [0.1, 0.15) is 5.78 Å². The third-order valence-electron chi connectivity index (χ3n) is 3.92. The first kappa shape index (κ1) is 12.1. The lowest BCUT2D eigenvalue weighted by Crippen LogP contribution is -2.47. The van der Waals surface area contributed by atoms with E-state index in [2.05, 4.69) is 11.8 Å². The van der Waals surface area contributed by atoms with Crippen molar-refractivity contribution < 1.29 is 9.53 Å². The summed E-state index contributed by atoms with van der Waals surface area (Å²) in [6.07, 6.45) is 6.05. The Kier molecular flexibility index (Phi) is 4.36. The maximum absolute atomic E-state index is 12.1. The van der Waals surface area contributed by atoms with Crippen LogP contribution in [0.2, 0.25) is 0 Å². The quantitative estimate of drug-likeness (QED) is 0.734. The van der Waals surface area contributed by atoms with Crippen molar-refractivity contribution in [2.75, 3.05) is 26.3 Å². The van der Waals surface area contributed by atoms with Crippen LogP contribution in [0.1, 0.15) is 39.0 Å². The highest BCUT2D eigenvalue weighted by Gasteiger charge is 2.26. The van der Waals surface area contributed by atoms with Crippen LogP contribution in [-0.4, -0.2) is 43.0 Å². The Morgan fingerprint density at radius 3 is 2.75 bits per heavy atom. The van der Waals surface area contributed by atoms with Crippen LogP contribution in [0.25, 0.3) is 0 Å². The van der Waals surface area contributed by atoms with Gasteiger partial charge in [0.2, 0.25) is 0 Å². The van der Waals surface area contributed by atoms with Gasteiger partial charge < -0.3 is 4.74 Å². The summed E-state index contributed by atoms with van der Waals surface area (Å²) in [5.74, 6) is 0.817. The average molecular weight is 225 g/mol. The molecule has 0 radical (unpaired) electrons. The predicted octanol–water partition coefficient (Wildman–Crippen LogP) is 1.86. The molecule has 0 bridgehead atoms. The van der Waals surface area contributed by atoms with Gasteiger partial charge in [-0.1, -0.05) is 19.3 Å². The van der Waals surface area contributed by atoms with Crippen molar-refractivity contribution >= 4 is 5.78 Å². The summed E-state index contributed by atoms with van der Waals surface area (Å²) >= 11 is 0. The molecular weight excluding hydrogens is 202 g/mol. The molecule has 2 rings (SSSR count). The lowest BCUT2D eigenvalue weighted by atomic mass is 9.86. The minimum absolute atomic E-state index is 0.351. The molecule has 16 heavy (non-hydrogen) atoms. The van der Waals surface area contributed by atoms with Gasteiger partial charge in [0.25, 0.3) is 0 Å². The zero-order valence-electron chi connectivity index (χ0n) is 10.3. The van der Waals surface area contributed by atoms with E-state index in [4.69, 9.17) is 4.74 Å². The van der Waals surface area contributed by atoms with Gasteiger partial charge in [-0.25, -0.2) is 0 Å². The number of Topliss-reactive ketones (excluding diaryl/α,β-unsaturated/α-hetero) is 1. The normalized spacial score (nSPS) is 29.2. The number of rotatable bonds is 3. The van der Waals surface area contributed by atoms with Crippen molar-refractivity contribution in [1.29, 1.82) is 0 Å². The molecule has 3 heteroatoms. The maximum atomic E-state index is 12.1. The lowest BCUT2D eigenvalue weighted by molar-refractivity contribution is -0.127. The highest BCUT2D eigenvalue weighted by atomic mass is 16.5. The molecule has 3 nitrogen and oxygen atoms in total. The minimum Gasteiger partial charge on any atom is -0.379 e. The summed E-state index contributed by atoms with van der Waals surface area (Å²) in [5, 5.41) is 0. The van der Waals surface area contributed by atoms with Gasteiger partial charge in [-0.3, -0.25) is 9.69 Å². The standard InChI is InChI=1S/C13H23NO2/c1-11-10-16-8-7-14(11)9-13(15)12-5-3-2-4-6-12/h11-12H,2-10H2,1H3. The second kappa shape index (κ2) is 5.78. The van der Waals surface area contributed by atoms with E-state index in [1.807, 2.05) is 0 Å². The van der Waals surface area contributed by atoms with Crippen LogP contribution in [-0.2, 0) is 9.53 Å². The molecule has 1 unspecified atom stereocenters. The van der Waals surface area contributed by atoms with Crippen molar-refractivity contribution in [2.45, 2.75) is 45.1 Å². The van der Waals surface area contributed by atoms with Crippen molar-refractivity contribution in [3.8, 4) is 0 Å². The number of hydrogen-bond acceptors (Lipinski definition) is 3. The van der Waals surface area contributed by atoms with Gasteiger partial charge in [-0.2, -0.15) is 0 Å². The van der Waals surface area contributed by atoms with E-state index in [-0.39, 0.29) is 0 Å². The fraction of sp³-hybridized carbons (Fsp3) is 0.923. The summed E-state index contributed by atoms with van der Waals surface area (Å²) in [5.41, 5.74) is 0. The Balaban J connectivity index is 1.80. The molecule has 1 heterocycles. The number of hydrogen-bond donors (Lipinski definition) is 0. The van der Waals surface area contributed by atoms with Crippen LogP contribution in [0, 0.1) is 5.92 Å². The van der Waals surface area contributed by atoms with E-state index in [1.165, 1.54) is 19.3 Å². The largest absolute Gasteiger partial charge is 0.379 e. The van der Waals surface area contributed by atoms with Crippen LogP contribution >= 0.6 is 0 Å². The SMILES string of the molecule is CC1COCCN1CC(=O)C1CCCCC1. The fourth-order valence-corrected chi connectivity index (χ4v) is 2.75. The van der Waals surface area contributed by atoms with Crippen LogP contribution in [0.4, 0.5) is 0 Å². The van der Waals surface area contributed by atoms with Gasteiger partial charge in [0.15, 0.2) is 0 Å². The number of carbonyl (C=O) groups excluding carboxylic acids is 1. The Bertz CT molecular complexity index is 236. The molecule has 1 saturated heterocycles. The number of ketones is 1. The third-order valence-corrected chi connectivity index (χ3v) is 3.92. The number of nitrogens with zero attached hydrogens (tertiary/aromatic N) is 1. The van der Waals surface area contributed by atoms with Crippen LogP contribution in [0.15, 0.2) is 0 Å². The van der Waals surface area contributed by atoms with Crippen LogP contribution < -0.4 is 0 Å². The topological polar surface area (TPSA) is 29.5 Å². The van der Waals surface area contributed by atoms with Crippen molar-refractivity contribution in [3.63, 3.8) is 0 Å². The second-order valence-corrected chi connectivity index (χ2v) is 5.20. The van der Waals surface area contributed by atoms with Gasteiger partial charge in [0, 0.05) is 18.5 Å². The number of ether oxygens (including phenoxy) is 1. The molecule has 1 atom stereocenters. The summed E-state index contributed by atoms with van der Waals surface area (Å²) in [6.45, 7) is 5.27. The third kappa shape index (κ3) is 3.05. The molecule has 0 N–H and O–H groups in total. The molecule has 0 aromatic rings. The molecular formula is C13H23NO2. The highest BCUT2D eigenvalue weighted by Crippen LogP contribution is 2.24. The first-order valence-electron chi connectivity index (χ1n) is 6.62. The van der Waals surface area contributed by atoms with Crippen molar-refractivity contribution in [3.05, 3.63) is 0 Å². The van der Waals surface area contributed by atoms with E-state index in [9.17, 15) is 4.79 Å². The molecule has 0 aromatic heterocycles. The number of morpholine rings is 1. The monoisotopic (exact) mass is 225 g/mol. The molecule has 2 aliphatic rings. The summed E-state index contributed by atoms with van der Waals surface area (Å²) in [6, 6.07) is 0.404. The molecule has 0 amide bonds. The Morgan fingerprint density at radius 1 is 1.31 bits per heavy atom. The Labute approximate surface area is 98.1 Å². The van der Waals surface area contributed by atoms with Gasteiger partial charge in [0.05, 0.1) is 19.8 Å².